The van der Waals surface area contributed by atoms with Gasteiger partial charge in [0.2, 0.25) is 5.13 Å². The van der Waals surface area contributed by atoms with Crippen LogP contribution in [0.1, 0.15) is 57.0 Å². The van der Waals surface area contributed by atoms with Gasteiger partial charge in [-0.1, -0.05) is 67.1 Å². The molecule has 0 bridgehead atoms. The average molecular weight is 495 g/mol. The molecule has 0 aliphatic carbocycles. The van der Waals surface area contributed by atoms with Gasteiger partial charge in [-0.2, -0.15) is 0 Å². The van der Waals surface area contributed by atoms with Crippen LogP contribution < -0.4 is 4.90 Å². The molecule has 0 N–H and O–H groups in total. The van der Waals surface area contributed by atoms with Crippen LogP contribution in [0.3, 0.4) is 0 Å². The second kappa shape index (κ2) is 9.01. The number of benzene rings is 1. The molecule has 2 aromatic rings. The highest BCUT2D eigenvalue weighted by atomic mass is 79.9. The zero-order valence-corrected chi connectivity index (χ0v) is 20.3. The minimum absolute atomic E-state index is 0.000520. The Morgan fingerprint density at radius 3 is 2.73 bits per heavy atom. The number of urea groups is 1. The average Bonchev–Trinajstić information content (AvgIpc) is 3.15. The molecule has 9 heteroatoms. The Labute approximate surface area is 189 Å². The number of amides is 2. The third-order valence-corrected chi connectivity index (χ3v) is 6.79. The smallest absolute Gasteiger partial charge is 0.329 e. The Balaban J connectivity index is 1.74. The summed E-state index contributed by atoms with van der Waals surface area (Å²) in [5.41, 5.74) is 0.878. The van der Waals surface area contributed by atoms with E-state index in [2.05, 4.69) is 26.1 Å². The first kappa shape index (κ1) is 22.7. The van der Waals surface area contributed by atoms with Crippen LogP contribution in [-0.2, 0) is 14.9 Å². The summed E-state index contributed by atoms with van der Waals surface area (Å²) >= 11 is 4.82. The lowest BCUT2D eigenvalue weighted by atomic mass is 9.98. The van der Waals surface area contributed by atoms with Crippen LogP contribution in [0.5, 0.6) is 0 Å². The van der Waals surface area contributed by atoms with Crippen molar-refractivity contribution in [1.82, 2.24) is 15.1 Å². The number of hydrogen-bond donors (Lipinski definition) is 0. The van der Waals surface area contributed by atoms with Gasteiger partial charge in [0.05, 0.1) is 6.42 Å². The molecule has 1 aliphatic rings. The summed E-state index contributed by atoms with van der Waals surface area (Å²) < 4.78 is 6.73. The van der Waals surface area contributed by atoms with E-state index in [4.69, 9.17) is 4.74 Å². The van der Waals surface area contributed by atoms with Crippen LogP contribution in [0.4, 0.5) is 9.93 Å². The summed E-state index contributed by atoms with van der Waals surface area (Å²) in [4.78, 5) is 28.6. The van der Waals surface area contributed by atoms with E-state index in [-0.39, 0.29) is 29.8 Å². The molecule has 2 atom stereocenters. The van der Waals surface area contributed by atoms with Gasteiger partial charge in [-0.3, -0.25) is 4.79 Å². The monoisotopic (exact) mass is 494 g/mol. The number of halogens is 1. The van der Waals surface area contributed by atoms with Crippen molar-refractivity contribution in [1.29, 1.82) is 0 Å². The lowest BCUT2D eigenvalue weighted by Crippen LogP contribution is -2.54. The Bertz CT molecular complexity index is 927. The Morgan fingerprint density at radius 2 is 2.10 bits per heavy atom. The summed E-state index contributed by atoms with van der Waals surface area (Å²) in [6.07, 6.45) is 0.0642. The minimum atomic E-state index is -0.684. The zero-order valence-electron chi connectivity index (χ0n) is 17.9. The molecule has 2 unspecified atom stereocenters. The van der Waals surface area contributed by atoms with Crippen molar-refractivity contribution in [2.75, 3.05) is 18.5 Å². The molecule has 3 rings (SSSR count). The molecule has 1 aromatic heterocycles. The van der Waals surface area contributed by atoms with Gasteiger partial charge in [0.15, 0.2) is 6.23 Å². The molecule has 162 valence electrons. The second-order valence-electron chi connectivity index (χ2n) is 8.61. The van der Waals surface area contributed by atoms with Crippen LogP contribution in [0.25, 0.3) is 0 Å². The highest BCUT2D eigenvalue weighted by molar-refractivity contribution is 9.10. The summed E-state index contributed by atoms with van der Waals surface area (Å²) in [6, 6.07) is 7.64. The molecule has 2 heterocycles. The molecule has 1 fully saturated rings. The van der Waals surface area contributed by atoms with Crippen LogP contribution in [-0.4, -0.2) is 46.9 Å². The predicted molar refractivity (Wildman–Crippen MR) is 121 cm³/mol. The van der Waals surface area contributed by atoms with Gasteiger partial charge in [0.1, 0.15) is 5.01 Å². The van der Waals surface area contributed by atoms with Crippen LogP contribution in [0, 0.1) is 0 Å². The van der Waals surface area contributed by atoms with E-state index in [1.165, 1.54) is 16.2 Å². The van der Waals surface area contributed by atoms with Gasteiger partial charge < -0.3 is 9.64 Å². The standard InChI is InChI=1S/C21H27BrN4O3S/c1-13(14-7-6-8-15(22)12-14)11-17(27)29-16-9-10-25(5)20(28)26(16)19-24-23-18(30-19)21(2,3)4/h6-8,12-13,16H,9-11H2,1-5H3. The second-order valence-corrected chi connectivity index (χ2v) is 10.5. The summed E-state index contributed by atoms with van der Waals surface area (Å²) in [6.45, 7) is 8.63. The number of carbonyl (C=O) groups excluding carboxylic acids is 2. The summed E-state index contributed by atoms with van der Waals surface area (Å²) in [5.74, 6) is -0.338. The fraction of sp³-hybridized carbons (Fsp3) is 0.524. The SMILES string of the molecule is CC(CC(=O)OC1CCN(C)C(=O)N1c1nnc(C(C)(C)C)s1)c1cccc(Br)c1. The molecular formula is C21H27BrN4O3S. The highest BCUT2D eigenvalue weighted by Gasteiger charge is 2.38. The maximum Gasteiger partial charge on any atom is 0.329 e. The predicted octanol–water partition coefficient (Wildman–Crippen LogP) is 4.92. The molecule has 2 amide bonds. The lowest BCUT2D eigenvalue weighted by molar-refractivity contribution is -0.150. The first-order valence-electron chi connectivity index (χ1n) is 9.89. The molecule has 0 saturated carbocycles. The normalized spacial score (nSPS) is 18.5. The molecule has 30 heavy (non-hydrogen) atoms. The zero-order chi connectivity index (χ0) is 22.1. The number of ether oxygens (including phenoxy) is 1. The van der Waals surface area contributed by atoms with E-state index in [1.807, 2.05) is 52.0 Å². The fourth-order valence-corrected chi connectivity index (χ4v) is 4.50. The molecular weight excluding hydrogens is 468 g/mol. The van der Waals surface area contributed by atoms with Crippen molar-refractivity contribution in [3.63, 3.8) is 0 Å². The van der Waals surface area contributed by atoms with E-state index in [0.29, 0.717) is 18.1 Å². The van der Waals surface area contributed by atoms with Gasteiger partial charge in [-0.15, -0.1) is 10.2 Å². The van der Waals surface area contributed by atoms with E-state index in [0.717, 1.165) is 15.0 Å². The molecule has 1 aromatic carbocycles. The van der Waals surface area contributed by atoms with Crippen molar-refractivity contribution in [3.05, 3.63) is 39.3 Å². The lowest BCUT2D eigenvalue weighted by Gasteiger charge is -2.37. The number of nitrogens with zero attached hydrogens (tertiary/aromatic N) is 4. The molecule has 1 saturated heterocycles. The van der Waals surface area contributed by atoms with Crippen LogP contribution in [0.2, 0.25) is 0 Å². The van der Waals surface area contributed by atoms with Crippen molar-refractivity contribution in [2.24, 2.45) is 0 Å². The van der Waals surface area contributed by atoms with Crippen LogP contribution in [0.15, 0.2) is 28.7 Å². The van der Waals surface area contributed by atoms with Gasteiger partial charge >= 0.3 is 12.0 Å². The van der Waals surface area contributed by atoms with Crippen molar-refractivity contribution in [2.45, 2.75) is 58.1 Å². The fourth-order valence-electron chi connectivity index (χ4n) is 3.15. The van der Waals surface area contributed by atoms with Crippen molar-refractivity contribution >= 4 is 44.4 Å². The minimum Gasteiger partial charge on any atom is -0.441 e. The largest absolute Gasteiger partial charge is 0.441 e. The maximum absolute atomic E-state index is 12.9. The Kier molecular flexibility index (Phi) is 6.81. The van der Waals surface area contributed by atoms with E-state index in [1.54, 1.807) is 11.9 Å². The van der Waals surface area contributed by atoms with Gasteiger partial charge in [0, 0.05) is 29.9 Å². The highest BCUT2D eigenvalue weighted by Crippen LogP contribution is 2.33. The first-order valence-corrected chi connectivity index (χ1v) is 11.5. The number of anilines is 1. The Morgan fingerprint density at radius 1 is 1.37 bits per heavy atom. The topological polar surface area (TPSA) is 75.6 Å². The first-order chi connectivity index (χ1) is 14.1. The molecule has 7 nitrogen and oxygen atoms in total. The van der Waals surface area contributed by atoms with Gasteiger partial charge in [0.25, 0.3) is 0 Å². The van der Waals surface area contributed by atoms with Crippen LogP contribution >= 0.6 is 27.3 Å². The number of aromatic nitrogens is 2. The number of carbonyl (C=O) groups is 2. The summed E-state index contributed by atoms with van der Waals surface area (Å²) in [7, 11) is 1.73. The van der Waals surface area contributed by atoms with E-state index in [9.17, 15) is 9.59 Å². The third-order valence-electron chi connectivity index (χ3n) is 4.95. The number of rotatable bonds is 5. The van der Waals surface area contributed by atoms with Crippen molar-refractivity contribution in [3.8, 4) is 0 Å². The van der Waals surface area contributed by atoms with E-state index < -0.39 is 6.23 Å². The molecule has 0 radical (unpaired) electrons. The van der Waals surface area contributed by atoms with Gasteiger partial charge in [-0.05, 0) is 23.6 Å². The van der Waals surface area contributed by atoms with Gasteiger partial charge in [-0.25, -0.2) is 9.69 Å². The maximum atomic E-state index is 12.9. The molecule has 0 spiro atoms. The number of hydrogen-bond acceptors (Lipinski definition) is 6. The number of esters is 1. The molecule has 1 aliphatic heterocycles. The van der Waals surface area contributed by atoms with E-state index >= 15 is 0 Å². The third kappa shape index (κ3) is 5.18. The van der Waals surface area contributed by atoms with Crippen molar-refractivity contribution < 1.29 is 14.3 Å². The quantitative estimate of drug-likeness (QED) is 0.551. The Hall–Kier alpha value is -2.00. The summed E-state index contributed by atoms with van der Waals surface area (Å²) in [5, 5.41) is 9.74.